The SMILES string of the molecule is CO[Si](CCCSCCCCCCCCCCCOC(=O)NCCC=C(C)C(=O)O)(OC)OC. The van der Waals surface area contributed by atoms with Crippen molar-refractivity contribution >= 4 is 32.6 Å². The van der Waals surface area contributed by atoms with Crippen LogP contribution < -0.4 is 5.32 Å². The van der Waals surface area contributed by atoms with Crippen molar-refractivity contribution in [1.29, 1.82) is 0 Å². The fraction of sp³-hybridized carbons (Fsp3) is 0.833. The van der Waals surface area contributed by atoms with Crippen LogP contribution in [0.5, 0.6) is 0 Å². The summed E-state index contributed by atoms with van der Waals surface area (Å²) in [6.45, 7) is 2.34. The van der Waals surface area contributed by atoms with Crippen LogP contribution >= 0.6 is 11.8 Å². The zero-order chi connectivity index (χ0) is 25.5. The molecule has 0 aromatic heterocycles. The Balaban J connectivity index is 3.36. The van der Waals surface area contributed by atoms with Crippen LogP contribution in [0.4, 0.5) is 4.79 Å². The molecule has 0 spiro atoms. The third kappa shape index (κ3) is 18.3. The lowest BCUT2D eigenvalue weighted by atomic mass is 10.1. The number of nitrogens with one attached hydrogen (secondary N) is 1. The number of hydrogen-bond donors (Lipinski definition) is 2. The van der Waals surface area contributed by atoms with E-state index < -0.39 is 20.9 Å². The molecule has 0 aliphatic heterocycles. The quantitative estimate of drug-likeness (QED) is 0.101. The lowest BCUT2D eigenvalue weighted by Crippen LogP contribution is -2.42. The molecule has 0 rings (SSSR count). The van der Waals surface area contributed by atoms with Crippen molar-refractivity contribution in [3.05, 3.63) is 11.6 Å². The van der Waals surface area contributed by atoms with Gasteiger partial charge in [-0.15, -0.1) is 0 Å². The minimum atomic E-state index is -2.40. The number of unbranched alkanes of at least 4 members (excludes halogenated alkanes) is 8. The summed E-state index contributed by atoms with van der Waals surface area (Å²) < 4.78 is 21.5. The summed E-state index contributed by atoms with van der Waals surface area (Å²) in [4.78, 5) is 22.2. The number of amides is 1. The number of carbonyl (C=O) groups is 2. The Kier molecular flexibility index (Phi) is 21.7. The molecule has 0 aromatic carbocycles. The second-order valence-electron chi connectivity index (χ2n) is 8.24. The van der Waals surface area contributed by atoms with Crippen LogP contribution in [0.2, 0.25) is 6.04 Å². The fourth-order valence-corrected chi connectivity index (χ4v) is 6.30. The van der Waals surface area contributed by atoms with Crippen LogP contribution in [0, 0.1) is 0 Å². The molecule has 0 radical (unpaired) electrons. The van der Waals surface area contributed by atoms with Crippen LogP contribution in [0.1, 0.15) is 77.6 Å². The first-order chi connectivity index (χ1) is 16.4. The highest BCUT2D eigenvalue weighted by Gasteiger charge is 2.36. The number of aliphatic carboxylic acids is 1. The first-order valence-electron chi connectivity index (χ1n) is 12.4. The Morgan fingerprint density at radius 2 is 1.38 bits per heavy atom. The van der Waals surface area contributed by atoms with E-state index in [0.29, 0.717) is 19.6 Å². The molecule has 0 bridgehead atoms. The molecule has 0 saturated heterocycles. The minimum Gasteiger partial charge on any atom is -0.478 e. The summed E-state index contributed by atoms with van der Waals surface area (Å²) in [6.07, 6.45) is 13.5. The smallest absolute Gasteiger partial charge is 0.478 e. The van der Waals surface area contributed by atoms with Gasteiger partial charge in [0.15, 0.2) is 0 Å². The molecular formula is C24H47NO7SSi. The highest BCUT2D eigenvalue weighted by molar-refractivity contribution is 7.99. The van der Waals surface area contributed by atoms with Gasteiger partial charge in [-0.3, -0.25) is 0 Å². The number of hydrogen-bond acceptors (Lipinski definition) is 7. The molecule has 0 aromatic rings. The molecule has 0 atom stereocenters. The van der Waals surface area contributed by atoms with E-state index in [4.69, 9.17) is 23.1 Å². The second-order valence-corrected chi connectivity index (χ2v) is 12.6. The molecule has 0 heterocycles. The molecule has 200 valence electrons. The summed E-state index contributed by atoms with van der Waals surface area (Å²) in [5, 5.41) is 11.4. The zero-order valence-electron chi connectivity index (χ0n) is 21.7. The third-order valence-corrected chi connectivity index (χ3v) is 9.56. The Labute approximate surface area is 211 Å². The van der Waals surface area contributed by atoms with Crippen LogP contribution in [0.15, 0.2) is 11.6 Å². The Hall–Kier alpha value is -1.07. The fourth-order valence-electron chi connectivity index (χ4n) is 3.36. The van der Waals surface area contributed by atoms with Gasteiger partial charge in [0.25, 0.3) is 0 Å². The number of carboxylic acid groups (broad SMARTS) is 1. The van der Waals surface area contributed by atoms with E-state index in [2.05, 4.69) is 5.32 Å². The molecule has 10 heteroatoms. The van der Waals surface area contributed by atoms with Crippen LogP contribution in [-0.2, 0) is 22.8 Å². The minimum absolute atomic E-state index is 0.280. The molecular weight excluding hydrogens is 474 g/mol. The van der Waals surface area contributed by atoms with Gasteiger partial charge in [0.1, 0.15) is 0 Å². The van der Waals surface area contributed by atoms with Crippen molar-refractivity contribution < 1.29 is 32.7 Å². The van der Waals surface area contributed by atoms with Gasteiger partial charge in [0.2, 0.25) is 0 Å². The van der Waals surface area contributed by atoms with Gasteiger partial charge in [-0.25, -0.2) is 9.59 Å². The number of thioether (sulfide) groups is 1. The topological polar surface area (TPSA) is 103 Å². The first kappa shape index (κ1) is 32.9. The van der Waals surface area contributed by atoms with Crippen molar-refractivity contribution in [1.82, 2.24) is 5.32 Å². The maximum absolute atomic E-state index is 11.5. The van der Waals surface area contributed by atoms with Gasteiger partial charge >= 0.3 is 20.9 Å². The molecule has 1 amide bonds. The van der Waals surface area contributed by atoms with Crippen LogP contribution in [0.3, 0.4) is 0 Å². The van der Waals surface area contributed by atoms with E-state index >= 15 is 0 Å². The van der Waals surface area contributed by atoms with Crippen molar-refractivity contribution in [2.24, 2.45) is 0 Å². The second kappa shape index (κ2) is 22.4. The van der Waals surface area contributed by atoms with Gasteiger partial charge in [-0.1, -0.05) is 51.0 Å². The van der Waals surface area contributed by atoms with Gasteiger partial charge in [0, 0.05) is 39.5 Å². The number of ether oxygens (including phenoxy) is 1. The van der Waals surface area contributed by atoms with E-state index in [9.17, 15) is 9.59 Å². The van der Waals surface area contributed by atoms with Crippen molar-refractivity contribution in [2.45, 2.75) is 83.6 Å². The summed E-state index contributed by atoms with van der Waals surface area (Å²) in [5.41, 5.74) is 0.280. The maximum Gasteiger partial charge on any atom is 0.500 e. The summed E-state index contributed by atoms with van der Waals surface area (Å²) in [5.74, 6) is 1.40. The highest BCUT2D eigenvalue weighted by Crippen LogP contribution is 2.18. The van der Waals surface area contributed by atoms with Gasteiger partial charge in [-0.05, 0) is 44.1 Å². The highest BCUT2D eigenvalue weighted by atomic mass is 32.2. The lowest BCUT2D eigenvalue weighted by Gasteiger charge is -2.24. The van der Waals surface area contributed by atoms with E-state index in [0.717, 1.165) is 31.1 Å². The van der Waals surface area contributed by atoms with Crippen molar-refractivity contribution in [3.8, 4) is 0 Å². The Bertz CT molecular complexity index is 551. The molecule has 0 saturated carbocycles. The van der Waals surface area contributed by atoms with Crippen molar-refractivity contribution in [2.75, 3.05) is 46.0 Å². The van der Waals surface area contributed by atoms with Gasteiger partial charge in [0.05, 0.1) is 6.61 Å². The predicted octanol–water partition coefficient (Wildman–Crippen LogP) is 5.65. The van der Waals surface area contributed by atoms with E-state index in [1.807, 2.05) is 11.8 Å². The summed E-state index contributed by atoms with van der Waals surface area (Å²) >= 11 is 2.01. The average molecular weight is 522 g/mol. The first-order valence-corrected chi connectivity index (χ1v) is 15.5. The monoisotopic (exact) mass is 521 g/mol. The summed E-state index contributed by atoms with van der Waals surface area (Å²) in [7, 11) is 2.60. The van der Waals surface area contributed by atoms with Crippen LogP contribution in [0.25, 0.3) is 0 Å². The maximum atomic E-state index is 11.5. The van der Waals surface area contributed by atoms with E-state index in [1.165, 1.54) is 57.6 Å². The molecule has 8 nitrogen and oxygen atoms in total. The molecule has 0 unspecified atom stereocenters. The number of carboxylic acids is 1. The van der Waals surface area contributed by atoms with Gasteiger partial charge in [-0.2, -0.15) is 11.8 Å². The zero-order valence-corrected chi connectivity index (χ0v) is 23.5. The lowest BCUT2D eigenvalue weighted by molar-refractivity contribution is -0.132. The standard InChI is InChI=1S/C24H47NO7SSi/c1-22(23(26)27)16-14-17-25-24(28)32-18-12-10-8-6-5-7-9-11-13-19-33-20-15-21-34(29-2,30-3)31-4/h16H,5-15,17-21H2,1-4H3,(H,25,28)(H,26,27). The third-order valence-electron chi connectivity index (χ3n) is 5.57. The molecule has 0 aliphatic carbocycles. The molecule has 34 heavy (non-hydrogen) atoms. The Morgan fingerprint density at radius 3 is 1.94 bits per heavy atom. The molecule has 0 fully saturated rings. The average Bonchev–Trinajstić information content (AvgIpc) is 2.84. The van der Waals surface area contributed by atoms with Gasteiger partial charge < -0.3 is 28.4 Å². The largest absolute Gasteiger partial charge is 0.500 e. The molecule has 2 N–H and O–H groups in total. The molecule has 0 aliphatic rings. The number of alkyl carbamates (subject to hydrolysis) is 1. The predicted molar refractivity (Wildman–Crippen MR) is 140 cm³/mol. The normalized spacial score (nSPS) is 12.1. The van der Waals surface area contributed by atoms with Crippen LogP contribution in [-0.4, -0.2) is 72.0 Å². The number of carbonyl (C=O) groups excluding carboxylic acids is 1. The van der Waals surface area contributed by atoms with Crippen molar-refractivity contribution in [3.63, 3.8) is 0 Å². The number of rotatable bonds is 23. The van der Waals surface area contributed by atoms with E-state index in [-0.39, 0.29) is 5.57 Å². The Morgan fingerprint density at radius 1 is 0.853 bits per heavy atom. The van der Waals surface area contributed by atoms with E-state index in [1.54, 1.807) is 27.4 Å². The summed E-state index contributed by atoms with van der Waals surface area (Å²) in [6, 6.07) is 0.872.